The van der Waals surface area contributed by atoms with Crippen molar-refractivity contribution < 1.29 is 23.1 Å². The van der Waals surface area contributed by atoms with Gasteiger partial charge in [0.15, 0.2) is 17.7 Å². The summed E-state index contributed by atoms with van der Waals surface area (Å²) in [6.07, 6.45) is 2.03. The standard InChI is InChI=1S/C18H31N6O5PS/c1-5-7-10(3)28-30(25,31)29-13-11(8-6-2)27-17(14(13)26-4)24-9-21-12-15(19)22-18(20)23-16(12)24/h9-11,13-14,17H,5-8H2,1-4H3,(H,25,31)(H4,19,20,22,23). The summed E-state index contributed by atoms with van der Waals surface area (Å²) in [7, 11) is 1.53. The maximum atomic E-state index is 13.0. The van der Waals surface area contributed by atoms with Gasteiger partial charge in [0, 0.05) is 7.11 Å². The number of thiol groups is 1. The highest BCUT2D eigenvalue weighted by molar-refractivity contribution is 8.44. The molecule has 3 rings (SSSR count). The number of methoxy groups -OCH3 is 1. The molecule has 0 radical (unpaired) electrons. The molecule has 6 unspecified atom stereocenters. The van der Waals surface area contributed by atoms with Crippen LogP contribution in [0.3, 0.4) is 0 Å². The lowest BCUT2D eigenvalue weighted by molar-refractivity contribution is -0.0501. The maximum absolute atomic E-state index is 13.0. The first-order chi connectivity index (χ1) is 14.7. The van der Waals surface area contributed by atoms with Crippen molar-refractivity contribution in [2.45, 2.75) is 77.1 Å². The van der Waals surface area contributed by atoms with Gasteiger partial charge in [-0.15, -0.1) is 0 Å². The fourth-order valence-electron chi connectivity index (χ4n) is 3.83. The molecule has 0 aliphatic carbocycles. The zero-order valence-corrected chi connectivity index (χ0v) is 20.0. The molecule has 0 saturated carbocycles. The van der Waals surface area contributed by atoms with Crippen LogP contribution >= 0.6 is 19.0 Å². The summed E-state index contributed by atoms with van der Waals surface area (Å²) in [5.74, 6) is 0.194. The van der Waals surface area contributed by atoms with Crippen molar-refractivity contribution in [3.05, 3.63) is 6.33 Å². The zero-order valence-electron chi connectivity index (χ0n) is 18.2. The van der Waals surface area contributed by atoms with Gasteiger partial charge >= 0.3 is 6.80 Å². The van der Waals surface area contributed by atoms with E-state index >= 15 is 0 Å². The number of imidazole rings is 1. The van der Waals surface area contributed by atoms with E-state index in [0.717, 1.165) is 19.3 Å². The van der Waals surface area contributed by atoms with Gasteiger partial charge in [-0.1, -0.05) is 38.9 Å². The minimum atomic E-state index is -3.66. The van der Waals surface area contributed by atoms with Crippen molar-refractivity contribution in [1.82, 2.24) is 19.5 Å². The number of nitrogens with two attached hydrogens (primary N) is 2. The molecule has 0 bridgehead atoms. The summed E-state index contributed by atoms with van der Waals surface area (Å²) in [6.45, 7) is 2.23. The van der Waals surface area contributed by atoms with E-state index in [1.807, 2.05) is 20.8 Å². The molecule has 0 amide bonds. The molecular weight excluding hydrogens is 443 g/mol. The van der Waals surface area contributed by atoms with Crippen LogP contribution in [0, 0.1) is 0 Å². The van der Waals surface area contributed by atoms with Gasteiger partial charge in [0.1, 0.15) is 17.7 Å². The minimum absolute atomic E-state index is 0.0230. The second kappa shape index (κ2) is 10.0. The van der Waals surface area contributed by atoms with E-state index in [4.69, 9.17) is 30.0 Å². The molecular formula is C18H31N6O5PS. The summed E-state index contributed by atoms with van der Waals surface area (Å²) in [5, 5.41) is 0. The minimum Gasteiger partial charge on any atom is -0.382 e. The molecule has 0 spiro atoms. The Bertz CT molecular complexity index is 946. The van der Waals surface area contributed by atoms with Crippen LogP contribution in [0.5, 0.6) is 0 Å². The number of fused-ring (bicyclic) bond motifs is 1. The van der Waals surface area contributed by atoms with Crippen LogP contribution in [0.2, 0.25) is 0 Å². The number of nitrogen functional groups attached to an aromatic ring is 2. The van der Waals surface area contributed by atoms with Gasteiger partial charge < -0.3 is 20.9 Å². The first kappa shape index (κ1) is 24.2. The highest BCUT2D eigenvalue weighted by atomic mass is 32.7. The Hall–Kier alpha value is -1.43. The fourth-order valence-corrected chi connectivity index (χ4v) is 5.82. The number of rotatable bonds is 10. The maximum Gasteiger partial charge on any atom is 0.386 e. The fraction of sp³-hybridized carbons (Fsp3) is 0.722. The lowest BCUT2D eigenvalue weighted by Crippen LogP contribution is -2.35. The summed E-state index contributed by atoms with van der Waals surface area (Å²) >= 11 is 4.20. The topological polar surface area (TPSA) is 150 Å². The molecule has 13 heteroatoms. The predicted octanol–water partition coefficient (Wildman–Crippen LogP) is 3.33. The van der Waals surface area contributed by atoms with Gasteiger partial charge in [0.25, 0.3) is 0 Å². The average Bonchev–Trinajstić information content (AvgIpc) is 3.23. The van der Waals surface area contributed by atoms with Crippen LogP contribution in [0.1, 0.15) is 52.7 Å². The Morgan fingerprint density at radius 1 is 1.29 bits per heavy atom. The molecule has 2 aromatic heterocycles. The van der Waals surface area contributed by atoms with E-state index in [2.05, 4.69) is 27.2 Å². The van der Waals surface area contributed by atoms with Crippen molar-refractivity contribution in [2.24, 2.45) is 0 Å². The normalized spacial score (nSPS) is 26.9. The van der Waals surface area contributed by atoms with Gasteiger partial charge in [-0.2, -0.15) is 9.97 Å². The van der Waals surface area contributed by atoms with E-state index in [1.54, 1.807) is 4.57 Å². The van der Waals surface area contributed by atoms with E-state index < -0.39 is 31.3 Å². The highest BCUT2D eigenvalue weighted by Gasteiger charge is 2.49. The first-order valence-electron chi connectivity index (χ1n) is 10.3. The molecule has 174 valence electrons. The Labute approximate surface area is 186 Å². The number of hydrogen-bond acceptors (Lipinski definition) is 10. The van der Waals surface area contributed by atoms with Crippen LogP contribution in [0.4, 0.5) is 11.8 Å². The van der Waals surface area contributed by atoms with Gasteiger partial charge in [0.05, 0.1) is 18.5 Å². The Morgan fingerprint density at radius 3 is 2.68 bits per heavy atom. The second-order valence-corrected chi connectivity index (χ2v) is 10.4. The van der Waals surface area contributed by atoms with Crippen LogP contribution < -0.4 is 11.5 Å². The zero-order chi connectivity index (χ0) is 22.8. The molecule has 4 N–H and O–H groups in total. The Morgan fingerprint density at radius 2 is 2.03 bits per heavy atom. The number of nitrogens with zero attached hydrogens (tertiary/aromatic N) is 4. The predicted molar refractivity (Wildman–Crippen MR) is 121 cm³/mol. The van der Waals surface area contributed by atoms with Crippen molar-refractivity contribution in [2.75, 3.05) is 18.6 Å². The van der Waals surface area contributed by atoms with Crippen LogP contribution in [-0.2, 0) is 23.1 Å². The molecule has 2 aromatic rings. The quantitative estimate of drug-likeness (QED) is 0.345. The van der Waals surface area contributed by atoms with Gasteiger partial charge in [-0.25, -0.2) is 9.55 Å². The summed E-state index contributed by atoms with van der Waals surface area (Å²) in [4.78, 5) is 12.5. The number of ether oxygens (including phenoxy) is 2. The first-order valence-corrected chi connectivity index (χ1v) is 13.0. The summed E-state index contributed by atoms with van der Waals surface area (Å²) < 4.78 is 38.2. The summed E-state index contributed by atoms with van der Waals surface area (Å²) in [5.41, 5.74) is 12.5. The molecule has 11 nitrogen and oxygen atoms in total. The van der Waals surface area contributed by atoms with Gasteiger partial charge in [-0.3, -0.25) is 13.6 Å². The lowest BCUT2D eigenvalue weighted by Gasteiger charge is -2.27. The Kier molecular flexibility index (Phi) is 7.82. The van der Waals surface area contributed by atoms with Crippen molar-refractivity contribution in [1.29, 1.82) is 0 Å². The third-order valence-corrected chi connectivity index (χ3v) is 6.84. The molecule has 1 aliphatic rings. The number of anilines is 2. The Balaban J connectivity index is 1.92. The van der Waals surface area contributed by atoms with E-state index in [0.29, 0.717) is 17.6 Å². The van der Waals surface area contributed by atoms with Gasteiger partial charge in [0.2, 0.25) is 5.95 Å². The summed E-state index contributed by atoms with van der Waals surface area (Å²) in [6, 6.07) is 0. The lowest BCUT2D eigenvalue weighted by atomic mass is 10.1. The van der Waals surface area contributed by atoms with Crippen LogP contribution in [0.25, 0.3) is 11.2 Å². The molecule has 1 saturated heterocycles. The third-order valence-electron chi connectivity index (χ3n) is 5.13. The van der Waals surface area contributed by atoms with E-state index in [1.165, 1.54) is 13.4 Å². The monoisotopic (exact) mass is 474 g/mol. The number of aromatic nitrogens is 4. The van der Waals surface area contributed by atoms with Crippen molar-refractivity contribution >= 4 is 42.0 Å². The highest BCUT2D eigenvalue weighted by Crippen LogP contribution is 2.57. The van der Waals surface area contributed by atoms with E-state index in [-0.39, 0.29) is 17.9 Å². The van der Waals surface area contributed by atoms with Crippen LogP contribution in [0.15, 0.2) is 6.33 Å². The van der Waals surface area contributed by atoms with Crippen molar-refractivity contribution in [3.63, 3.8) is 0 Å². The largest absolute Gasteiger partial charge is 0.386 e. The molecule has 0 aromatic carbocycles. The number of hydrogen-bond donors (Lipinski definition) is 3. The second-order valence-electron chi connectivity index (χ2n) is 7.59. The smallest absolute Gasteiger partial charge is 0.382 e. The molecule has 1 fully saturated rings. The SMILES string of the molecule is CCCC(C)OP(=O)(S)OC1C(CCC)OC(n2cnc3c(N)nc(N)nc32)C1OC. The average molecular weight is 475 g/mol. The van der Waals surface area contributed by atoms with Crippen molar-refractivity contribution in [3.8, 4) is 0 Å². The van der Waals surface area contributed by atoms with Gasteiger partial charge in [-0.05, 0) is 19.8 Å². The molecule has 3 heterocycles. The van der Waals surface area contributed by atoms with E-state index in [9.17, 15) is 4.57 Å². The molecule has 1 aliphatic heterocycles. The van der Waals surface area contributed by atoms with Crippen LogP contribution in [-0.4, -0.2) is 51.0 Å². The molecule has 31 heavy (non-hydrogen) atoms. The molecule has 6 atom stereocenters. The third kappa shape index (κ3) is 5.32.